The van der Waals surface area contributed by atoms with Gasteiger partial charge in [0.25, 0.3) is 5.69 Å². The van der Waals surface area contributed by atoms with E-state index in [1.165, 1.54) is 40.7 Å². The van der Waals surface area contributed by atoms with Crippen molar-refractivity contribution in [1.82, 2.24) is 8.61 Å². The molecule has 0 spiro atoms. The minimum atomic E-state index is -3.99. The smallest absolute Gasteiger partial charge is 0.270 e. The maximum Gasteiger partial charge on any atom is 0.270 e. The number of hydrogen-bond donors (Lipinski definition) is 0. The summed E-state index contributed by atoms with van der Waals surface area (Å²) in [5.74, 6) is 0.817. The van der Waals surface area contributed by atoms with Crippen LogP contribution >= 0.6 is 0 Å². The first-order valence-corrected chi connectivity index (χ1v) is 12.2. The van der Waals surface area contributed by atoms with Crippen LogP contribution in [-0.4, -0.2) is 69.8 Å². The number of piperazine rings is 1. The molecule has 13 heteroatoms. The van der Waals surface area contributed by atoms with Crippen molar-refractivity contribution in [2.24, 2.45) is 0 Å². The minimum Gasteiger partial charge on any atom is -0.486 e. The molecule has 0 saturated carbocycles. The molecular formula is C18H19N3O8S2. The van der Waals surface area contributed by atoms with Gasteiger partial charge in [0, 0.05) is 44.4 Å². The second kappa shape index (κ2) is 8.07. The Balaban J connectivity index is 1.50. The number of nitro benzene ring substituents is 1. The van der Waals surface area contributed by atoms with Gasteiger partial charge in [-0.1, -0.05) is 6.07 Å². The molecule has 0 aromatic heterocycles. The molecule has 2 aliphatic rings. The van der Waals surface area contributed by atoms with Gasteiger partial charge in [-0.2, -0.15) is 8.61 Å². The Morgan fingerprint density at radius 1 is 0.774 bits per heavy atom. The van der Waals surface area contributed by atoms with Crippen LogP contribution in [0.15, 0.2) is 52.3 Å². The van der Waals surface area contributed by atoms with Crippen molar-refractivity contribution in [3.8, 4) is 11.5 Å². The molecule has 0 unspecified atom stereocenters. The van der Waals surface area contributed by atoms with Gasteiger partial charge in [0.05, 0.1) is 14.7 Å². The standard InChI is InChI=1S/C18H19N3O8S2/c22-21(23)14-2-1-3-15(12-14)30(24,25)19-6-8-20(9-7-19)31(26,27)16-4-5-17-18(13-16)29-11-10-28-17/h1-5,12-13H,6-11H2. The highest BCUT2D eigenvalue weighted by molar-refractivity contribution is 7.89. The Kier molecular flexibility index (Phi) is 5.60. The molecule has 166 valence electrons. The van der Waals surface area contributed by atoms with Gasteiger partial charge in [-0.3, -0.25) is 10.1 Å². The van der Waals surface area contributed by atoms with Gasteiger partial charge in [-0.05, 0) is 18.2 Å². The maximum atomic E-state index is 13.0. The van der Waals surface area contributed by atoms with Crippen LogP contribution in [0.4, 0.5) is 5.69 Å². The molecule has 0 radical (unpaired) electrons. The van der Waals surface area contributed by atoms with E-state index in [2.05, 4.69) is 0 Å². The van der Waals surface area contributed by atoms with Gasteiger partial charge in [-0.25, -0.2) is 16.8 Å². The normalized spacial score (nSPS) is 17.9. The average molecular weight is 469 g/mol. The fourth-order valence-electron chi connectivity index (χ4n) is 3.39. The molecule has 2 aliphatic heterocycles. The van der Waals surface area contributed by atoms with Crippen LogP contribution in [0.5, 0.6) is 11.5 Å². The second-order valence-electron chi connectivity index (χ2n) is 6.87. The van der Waals surface area contributed by atoms with Crippen LogP contribution < -0.4 is 9.47 Å². The summed E-state index contributed by atoms with van der Waals surface area (Å²) in [6, 6.07) is 9.13. The van der Waals surface area contributed by atoms with Gasteiger partial charge >= 0.3 is 0 Å². The van der Waals surface area contributed by atoms with Crippen LogP contribution in [0.2, 0.25) is 0 Å². The summed E-state index contributed by atoms with van der Waals surface area (Å²) in [5.41, 5.74) is -0.333. The highest BCUT2D eigenvalue weighted by Gasteiger charge is 2.34. The van der Waals surface area contributed by atoms with E-state index < -0.39 is 25.0 Å². The maximum absolute atomic E-state index is 13.0. The predicted molar refractivity (Wildman–Crippen MR) is 108 cm³/mol. The molecule has 0 atom stereocenters. The Morgan fingerprint density at radius 3 is 1.90 bits per heavy atom. The summed E-state index contributed by atoms with van der Waals surface area (Å²) in [7, 11) is -7.85. The van der Waals surface area contributed by atoms with Crippen LogP contribution in [-0.2, 0) is 20.0 Å². The SMILES string of the molecule is O=[N+]([O-])c1cccc(S(=O)(=O)N2CCN(S(=O)(=O)c3ccc4c(c3)OCCO4)CC2)c1. The molecule has 2 aromatic rings. The summed E-state index contributed by atoms with van der Waals surface area (Å²) in [4.78, 5) is 10.1. The Bertz CT molecular complexity index is 1220. The minimum absolute atomic E-state index is 0.0340. The molecule has 4 rings (SSSR count). The van der Waals surface area contributed by atoms with Crippen molar-refractivity contribution >= 4 is 25.7 Å². The molecule has 1 saturated heterocycles. The summed E-state index contributed by atoms with van der Waals surface area (Å²) in [6.45, 7) is 0.463. The number of ether oxygens (including phenoxy) is 2. The summed E-state index contributed by atoms with van der Waals surface area (Å²) in [5, 5.41) is 10.9. The Morgan fingerprint density at radius 2 is 1.32 bits per heavy atom. The zero-order chi connectivity index (χ0) is 22.2. The number of nitro groups is 1. The molecule has 0 aliphatic carbocycles. The van der Waals surface area contributed by atoms with E-state index in [0.29, 0.717) is 24.7 Å². The van der Waals surface area contributed by atoms with E-state index in [4.69, 9.17) is 9.47 Å². The summed E-state index contributed by atoms with van der Waals surface area (Å²) in [6.07, 6.45) is 0. The van der Waals surface area contributed by atoms with Gasteiger partial charge in [0.1, 0.15) is 13.2 Å². The number of non-ortho nitro benzene ring substituents is 1. The Hall–Kier alpha value is -2.74. The monoisotopic (exact) mass is 469 g/mol. The summed E-state index contributed by atoms with van der Waals surface area (Å²) >= 11 is 0. The number of sulfonamides is 2. The van der Waals surface area contributed by atoms with Crippen molar-refractivity contribution in [2.75, 3.05) is 39.4 Å². The lowest BCUT2D eigenvalue weighted by molar-refractivity contribution is -0.385. The van der Waals surface area contributed by atoms with Crippen LogP contribution in [0, 0.1) is 10.1 Å². The third-order valence-electron chi connectivity index (χ3n) is 5.02. The number of hydrogen-bond acceptors (Lipinski definition) is 8. The van der Waals surface area contributed by atoms with E-state index in [1.807, 2.05) is 0 Å². The zero-order valence-corrected chi connectivity index (χ0v) is 17.8. The number of benzene rings is 2. The van der Waals surface area contributed by atoms with Crippen LogP contribution in [0.25, 0.3) is 0 Å². The molecule has 1 fully saturated rings. The highest BCUT2D eigenvalue weighted by Crippen LogP contribution is 2.33. The molecule has 11 nitrogen and oxygen atoms in total. The van der Waals surface area contributed by atoms with Crippen LogP contribution in [0.1, 0.15) is 0 Å². The van der Waals surface area contributed by atoms with Crippen molar-refractivity contribution in [3.63, 3.8) is 0 Å². The fraction of sp³-hybridized carbons (Fsp3) is 0.333. The molecule has 0 N–H and O–H groups in total. The lowest BCUT2D eigenvalue weighted by atomic mass is 10.3. The van der Waals surface area contributed by atoms with E-state index >= 15 is 0 Å². The third kappa shape index (κ3) is 4.08. The van der Waals surface area contributed by atoms with E-state index in [0.717, 1.165) is 10.4 Å². The van der Waals surface area contributed by atoms with E-state index in [1.54, 1.807) is 0 Å². The molecule has 0 amide bonds. The lowest BCUT2D eigenvalue weighted by Gasteiger charge is -2.33. The fourth-order valence-corrected chi connectivity index (χ4v) is 6.29. The largest absolute Gasteiger partial charge is 0.486 e. The van der Waals surface area contributed by atoms with Crippen LogP contribution in [0.3, 0.4) is 0 Å². The first-order chi connectivity index (χ1) is 14.7. The molecule has 2 aromatic carbocycles. The van der Waals surface area contributed by atoms with Crippen molar-refractivity contribution in [1.29, 1.82) is 0 Å². The first-order valence-electron chi connectivity index (χ1n) is 9.34. The predicted octanol–water partition coefficient (Wildman–Crippen LogP) is 1.06. The van der Waals surface area contributed by atoms with E-state index in [-0.39, 0.29) is 41.7 Å². The van der Waals surface area contributed by atoms with E-state index in [9.17, 15) is 26.9 Å². The molecule has 2 heterocycles. The van der Waals surface area contributed by atoms with Crippen molar-refractivity contribution < 1.29 is 31.2 Å². The quantitative estimate of drug-likeness (QED) is 0.468. The second-order valence-corrected chi connectivity index (χ2v) is 10.7. The number of rotatable bonds is 5. The van der Waals surface area contributed by atoms with Crippen molar-refractivity contribution in [3.05, 3.63) is 52.6 Å². The molecular weight excluding hydrogens is 450 g/mol. The molecule has 0 bridgehead atoms. The van der Waals surface area contributed by atoms with Crippen molar-refractivity contribution in [2.45, 2.75) is 9.79 Å². The lowest BCUT2D eigenvalue weighted by Crippen LogP contribution is -2.50. The highest BCUT2D eigenvalue weighted by atomic mass is 32.2. The van der Waals surface area contributed by atoms with Gasteiger partial charge < -0.3 is 9.47 Å². The average Bonchev–Trinajstić information content (AvgIpc) is 2.79. The molecule has 31 heavy (non-hydrogen) atoms. The van der Waals surface area contributed by atoms with Gasteiger partial charge in [0.15, 0.2) is 11.5 Å². The van der Waals surface area contributed by atoms with Gasteiger partial charge in [-0.15, -0.1) is 0 Å². The number of fused-ring (bicyclic) bond motifs is 1. The third-order valence-corrected chi connectivity index (χ3v) is 8.80. The first kappa shape index (κ1) is 21.5. The topological polar surface area (TPSA) is 136 Å². The summed E-state index contributed by atoms with van der Waals surface area (Å²) < 4.78 is 64.9. The van der Waals surface area contributed by atoms with Gasteiger partial charge in [0.2, 0.25) is 20.0 Å². The zero-order valence-electron chi connectivity index (χ0n) is 16.2. The number of nitrogens with zero attached hydrogens (tertiary/aromatic N) is 3. The Labute approximate surface area is 179 Å².